The summed E-state index contributed by atoms with van der Waals surface area (Å²) in [6.07, 6.45) is 0.268. The van der Waals surface area contributed by atoms with Crippen LogP contribution in [0.5, 0.6) is 0 Å². The molecule has 0 saturated carbocycles. The van der Waals surface area contributed by atoms with E-state index < -0.39 is 29.3 Å². The van der Waals surface area contributed by atoms with Gasteiger partial charge >= 0.3 is 23.9 Å². The lowest BCUT2D eigenvalue weighted by Gasteiger charge is -2.31. The van der Waals surface area contributed by atoms with Crippen LogP contribution >= 0.6 is 99.3 Å². The van der Waals surface area contributed by atoms with Crippen LogP contribution in [0.2, 0.25) is 0 Å². The van der Waals surface area contributed by atoms with Crippen LogP contribution in [0.15, 0.2) is 0 Å². The summed E-state index contributed by atoms with van der Waals surface area (Å²) in [7, 11) is 0. The first-order chi connectivity index (χ1) is 18.7. The average Bonchev–Trinajstić information content (AvgIpc) is 2.93. The second-order valence-corrected chi connectivity index (χ2v) is 13.5. The number of ether oxygens (including phenoxy) is 4. The predicted octanol–water partition coefficient (Wildman–Crippen LogP) is 3.49. The molecule has 0 spiro atoms. The largest absolute Gasteiger partial charge is 0.465 e. The van der Waals surface area contributed by atoms with Gasteiger partial charge in [0.15, 0.2) is 0 Å². The highest BCUT2D eigenvalue weighted by Gasteiger charge is 2.37. The minimum Gasteiger partial charge on any atom is -0.465 e. The molecule has 0 aromatic carbocycles. The smallest absolute Gasteiger partial charge is 0.306 e. The van der Waals surface area contributed by atoms with Crippen LogP contribution in [-0.2, 0) is 38.1 Å². The van der Waals surface area contributed by atoms with Gasteiger partial charge in [0.1, 0.15) is 31.8 Å². The van der Waals surface area contributed by atoms with Crippen molar-refractivity contribution in [2.24, 2.45) is 5.41 Å². The molecule has 16 heteroatoms. The molecule has 1 saturated heterocycles. The number of esters is 4. The van der Waals surface area contributed by atoms with Crippen LogP contribution < -0.4 is 0 Å². The third-order valence-electron chi connectivity index (χ3n) is 4.86. The van der Waals surface area contributed by atoms with Gasteiger partial charge in [-0.1, -0.05) is 0 Å². The molecule has 0 radical (unpaired) electrons. The lowest BCUT2D eigenvalue weighted by atomic mass is 9.92. The van der Waals surface area contributed by atoms with Crippen molar-refractivity contribution in [3.05, 3.63) is 0 Å². The highest BCUT2D eigenvalue weighted by molar-refractivity contribution is 8.07. The molecule has 0 bridgehead atoms. The number of rotatable bonds is 18. The Labute approximate surface area is 273 Å². The molecule has 0 N–H and O–H groups in total. The topological polar surface area (TPSA) is 105 Å². The van der Waals surface area contributed by atoms with Crippen molar-refractivity contribution in [3.8, 4) is 0 Å². The minimum absolute atomic E-state index is 0.0670. The van der Waals surface area contributed by atoms with E-state index in [0.29, 0.717) is 0 Å². The molecule has 1 aliphatic rings. The van der Waals surface area contributed by atoms with Crippen LogP contribution in [0.25, 0.3) is 0 Å². The lowest BCUT2D eigenvalue weighted by molar-refractivity contribution is -0.170. The predicted molar refractivity (Wildman–Crippen MR) is 180 cm³/mol. The second kappa shape index (κ2) is 25.2. The molecule has 228 valence electrons. The van der Waals surface area contributed by atoms with Gasteiger partial charge in [0.25, 0.3) is 0 Å². The molecule has 8 nitrogen and oxygen atoms in total. The monoisotopic (exact) mass is 700 g/mol. The molecule has 2 unspecified atom stereocenters. The fourth-order valence-electron chi connectivity index (χ4n) is 2.63. The van der Waals surface area contributed by atoms with Gasteiger partial charge in [-0.3, -0.25) is 19.2 Å². The molecule has 1 aliphatic heterocycles. The third-order valence-corrected chi connectivity index (χ3v) is 10.4. The standard InChI is InChI=1S/C17H28O8S4.C6H12S4/c18-13(1-5-26)22-9-17(10-23-14(19)2-6-27,11-24-15(20)3-7-28)12-25-16(21)4-8-29;7-1-5-3-10-6(2-8)4-9-5/h26-29H,1-12H2;5-8H,1-4H2. The Morgan fingerprint density at radius 2 is 0.795 bits per heavy atom. The SMILES string of the molecule is O=C(CCS)OCC(COC(=O)CCS)(COC(=O)CCS)COC(=O)CCS.SCC1CSC(CS)CS1. The zero-order valence-electron chi connectivity index (χ0n) is 21.7. The number of hydrogen-bond donors (Lipinski definition) is 6. The van der Waals surface area contributed by atoms with E-state index >= 15 is 0 Å². The van der Waals surface area contributed by atoms with Gasteiger partial charge in [-0.05, 0) is 0 Å². The first kappa shape index (κ1) is 39.7. The summed E-state index contributed by atoms with van der Waals surface area (Å²) in [5.74, 6) is 3.60. The summed E-state index contributed by atoms with van der Waals surface area (Å²) in [5, 5.41) is 1.56. The zero-order chi connectivity index (χ0) is 29.5. The Morgan fingerprint density at radius 1 is 0.538 bits per heavy atom. The fourth-order valence-corrected chi connectivity index (χ4v) is 7.26. The van der Waals surface area contributed by atoms with E-state index in [1.807, 2.05) is 23.5 Å². The fraction of sp³-hybridized carbons (Fsp3) is 0.826. The number of thioether (sulfide) groups is 2. The van der Waals surface area contributed by atoms with E-state index in [-0.39, 0.29) is 75.1 Å². The molecule has 1 heterocycles. The number of thiol groups is 6. The highest BCUT2D eigenvalue weighted by atomic mass is 32.2. The van der Waals surface area contributed by atoms with Gasteiger partial charge in [-0.25, -0.2) is 0 Å². The summed E-state index contributed by atoms with van der Waals surface area (Å²) >= 11 is 28.5. The van der Waals surface area contributed by atoms with Crippen LogP contribution in [0, 0.1) is 5.41 Å². The lowest BCUT2D eigenvalue weighted by Crippen LogP contribution is -2.44. The molecule has 1 rings (SSSR count). The Kier molecular flexibility index (Phi) is 25.6. The van der Waals surface area contributed by atoms with Crippen molar-refractivity contribution in [3.63, 3.8) is 0 Å². The van der Waals surface area contributed by atoms with E-state index in [4.69, 9.17) is 18.9 Å². The maximum atomic E-state index is 11.8. The quantitative estimate of drug-likeness (QED) is 0.0724. The molecule has 1 fully saturated rings. The van der Waals surface area contributed by atoms with Crippen molar-refractivity contribution in [1.29, 1.82) is 0 Å². The van der Waals surface area contributed by atoms with Crippen LogP contribution in [0.1, 0.15) is 25.7 Å². The third kappa shape index (κ3) is 20.3. The molecule has 0 aliphatic carbocycles. The first-order valence-corrected chi connectivity index (χ1v) is 18.1. The second-order valence-electron chi connectivity index (χ2n) is 8.31. The summed E-state index contributed by atoms with van der Waals surface area (Å²) in [6, 6.07) is 0. The van der Waals surface area contributed by atoms with Crippen LogP contribution in [-0.4, -0.2) is 107 Å². The Morgan fingerprint density at radius 3 is 0.974 bits per heavy atom. The number of hydrogen-bond acceptors (Lipinski definition) is 16. The highest BCUT2D eigenvalue weighted by Crippen LogP contribution is 2.30. The van der Waals surface area contributed by atoms with Gasteiger partial charge in [0, 0.05) is 56.5 Å². The van der Waals surface area contributed by atoms with E-state index in [2.05, 4.69) is 75.8 Å². The van der Waals surface area contributed by atoms with Gasteiger partial charge in [-0.2, -0.15) is 99.3 Å². The van der Waals surface area contributed by atoms with E-state index in [1.165, 1.54) is 11.5 Å². The summed E-state index contributed by atoms with van der Waals surface area (Å²) in [6.45, 7) is -1.13. The Balaban J connectivity index is 0.00000120. The van der Waals surface area contributed by atoms with Crippen molar-refractivity contribution >= 4 is 123 Å². The van der Waals surface area contributed by atoms with Crippen molar-refractivity contribution in [2.75, 3.05) is 72.5 Å². The first-order valence-electron chi connectivity index (χ1n) is 12.2. The van der Waals surface area contributed by atoms with Crippen LogP contribution in [0.4, 0.5) is 0 Å². The van der Waals surface area contributed by atoms with Crippen molar-refractivity contribution in [1.82, 2.24) is 0 Å². The molecule has 0 aromatic rings. The molecular weight excluding hydrogens is 661 g/mol. The minimum atomic E-state index is -1.25. The zero-order valence-corrected chi connectivity index (χ0v) is 28.7. The van der Waals surface area contributed by atoms with E-state index in [0.717, 1.165) is 22.0 Å². The average molecular weight is 701 g/mol. The van der Waals surface area contributed by atoms with Gasteiger partial charge in [0.2, 0.25) is 0 Å². The Hall–Kier alpha value is 0.680. The number of carbonyl (C=O) groups is 4. The maximum Gasteiger partial charge on any atom is 0.306 e. The van der Waals surface area contributed by atoms with Crippen molar-refractivity contribution < 1.29 is 38.1 Å². The molecule has 0 aromatic heterocycles. The summed E-state index contributed by atoms with van der Waals surface area (Å²) in [5.41, 5.74) is -1.25. The number of carbonyl (C=O) groups excluding carboxylic acids is 4. The molecule has 39 heavy (non-hydrogen) atoms. The summed E-state index contributed by atoms with van der Waals surface area (Å²) in [4.78, 5) is 47.1. The van der Waals surface area contributed by atoms with E-state index in [1.54, 1.807) is 0 Å². The van der Waals surface area contributed by atoms with E-state index in [9.17, 15) is 19.2 Å². The van der Waals surface area contributed by atoms with Crippen LogP contribution in [0.3, 0.4) is 0 Å². The maximum absolute atomic E-state index is 11.8. The van der Waals surface area contributed by atoms with Crippen molar-refractivity contribution in [2.45, 2.75) is 36.2 Å². The molecular formula is C23H40O8S8. The summed E-state index contributed by atoms with van der Waals surface area (Å²) < 4.78 is 20.9. The van der Waals surface area contributed by atoms with Gasteiger partial charge in [-0.15, -0.1) is 0 Å². The van der Waals surface area contributed by atoms with Gasteiger partial charge in [0.05, 0.1) is 25.7 Å². The normalized spacial score (nSPS) is 16.9. The molecule has 2 atom stereocenters. The van der Waals surface area contributed by atoms with Gasteiger partial charge < -0.3 is 18.9 Å². The molecule has 0 amide bonds. The Bertz CT molecular complexity index is 602.